The molecule has 0 spiro atoms. The topological polar surface area (TPSA) is 62.5 Å². The minimum absolute atomic E-state index is 0.0656. The molecule has 0 aromatic carbocycles. The number of hydrogen-bond donors (Lipinski definition) is 2. The number of nitrogens with one attached hydrogen (secondary N) is 1. The van der Waals surface area contributed by atoms with Crippen LogP contribution in [0.1, 0.15) is 32.1 Å². The van der Waals surface area contributed by atoms with Gasteiger partial charge in [0.15, 0.2) is 5.82 Å². The maximum atomic E-state index is 9.71. The van der Waals surface area contributed by atoms with E-state index in [9.17, 15) is 5.11 Å². The largest absolute Gasteiger partial charge is 0.394 e. The lowest BCUT2D eigenvalue weighted by Crippen LogP contribution is -2.34. The van der Waals surface area contributed by atoms with Gasteiger partial charge < -0.3 is 10.4 Å². The summed E-state index contributed by atoms with van der Waals surface area (Å²) in [5.41, 5.74) is 0.918. The Labute approximate surface area is 126 Å². The lowest BCUT2D eigenvalue weighted by molar-refractivity contribution is 0.209. The van der Waals surface area contributed by atoms with Gasteiger partial charge in [0.05, 0.1) is 23.3 Å². The second-order valence-electron chi connectivity index (χ2n) is 5.39. The lowest BCUT2D eigenvalue weighted by Gasteiger charge is -2.30. The van der Waals surface area contributed by atoms with E-state index >= 15 is 0 Å². The van der Waals surface area contributed by atoms with Crippen LogP contribution in [0.25, 0.3) is 5.52 Å². The van der Waals surface area contributed by atoms with Crippen LogP contribution in [-0.2, 0) is 0 Å². The molecule has 108 valence electrons. The Hall–Kier alpha value is -1.14. The van der Waals surface area contributed by atoms with E-state index in [-0.39, 0.29) is 12.6 Å². The molecule has 1 saturated carbocycles. The molecular weight excluding hydrogens is 320 g/mol. The fraction of sp³-hybridized carbons (Fsp3) is 0.571. The molecule has 1 atom stereocenters. The molecule has 1 aliphatic rings. The maximum absolute atomic E-state index is 9.71. The van der Waals surface area contributed by atoms with Gasteiger partial charge in [0.25, 0.3) is 0 Å². The number of rotatable bonds is 4. The molecule has 0 aliphatic heterocycles. The molecule has 2 N–H and O–H groups in total. The molecule has 1 unspecified atom stereocenters. The molecule has 3 rings (SSSR count). The number of aromatic nitrogens is 3. The predicted octanol–water partition coefficient (Wildman–Crippen LogP) is 2.84. The molecule has 0 bridgehead atoms. The van der Waals surface area contributed by atoms with Crippen molar-refractivity contribution in [1.29, 1.82) is 0 Å². The van der Waals surface area contributed by atoms with E-state index in [1.54, 1.807) is 16.9 Å². The minimum Gasteiger partial charge on any atom is -0.394 e. The highest BCUT2D eigenvalue weighted by Gasteiger charge is 2.24. The maximum Gasteiger partial charge on any atom is 0.153 e. The van der Waals surface area contributed by atoms with E-state index in [0.29, 0.717) is 5.92 Å². The molecule has 0 radical (unpaired) electrons. The number of nitrogens with zero attached hydrogens (tertiary/aromatic N) is 3. The Kier molecular flexibility index (Phi) is 4.21. The zero-order valence-electron chi connectivity index (χ0n) is 11.3. The smallest absolute Gasteiger partial charge is 0.153 e. The molecule has 20 heavy (non-hydrogen) atoms. The third-order valence-corrected chi connectivity index (χ3v) is 4.70. The summed E-state index contributed by atoms with van der Waals surface area (Å²) in [5, 5.41) is 17.4. The van der Waals surface area contributed by atoms with Crippen molar-refractivity contribution in [2.45, 2.75) is 38.1 Å². The molecule has 1 aliphatic carbocycles. The van der Waals surface area contributed by atoms with Gasteiger partial charge in [0.1, 0.15) is 5.52 Å². The first-order valence-electron chi connectivity index (χ1n) is 7.15. The fourth-order valence-electron chi connectivity index (χ4n) is 3.04. The Morgan fingerprint density at radius 1 is 1.40 bits per heavy atom. The van der Waals surface area contributed by atoms with Crippen molar-refractivity contribution < 1.29 is 5.11 Å². The van der Waals surface area contributed by atoms with Crippen molar-refractivity contribution >= 4 is 27.3 Å². The summed E-state index contributed by atoms with van der Waals surface area (Å²) in [7, 11) is 0. The van der Waals surface area contributed by atoms with Crippen LogP contribution < -0.4 is 5.32 Å². The van der Waals surface area contributed by atoms with Crippen LogP contribution in [0.15, 0.2) is 23.1 Å². The molecule has 2 heterocycles. The standard InChI is InChI=1S/C14H19BrN4O/c15-11-8-17-19-7-6-16-14(13(11)19)18-12(9-20)10-4-2-1-3-5-10/h6-8,10,12,20H,1-5,9H2,(H,16,18). The second kappa shape index (κ2) is 6.10. The van der Waals surface area contributed by atoms with Crippen molar-refractivity contribution in [3.8, 4) is 0 Å². The molecule has 6 heteroatoms. The summed E-state index contributed by atoms with van der Waals surface area (Å²) in [5.74, 6) is 1.30. The van der Waals surface area contributed by atoms with Gasteiger partial charge in [-0.1, -0.05) is 19.3 Å². The summed E-state index contributed by atoms with van der Waals surface area (Å²) >= 11 is 3.50. The highest BCUT2D eigenvalue weighted by molar-refractivity contribution is 9.10. The number of aliphatic hydroxyl groups excluding tert-OH is 1. The number of aliphatic hydroxyl groups is 1. The van der Waals surface area contributed by atoms with Crippen molar-refractivity contribution in [2.24, 2.45) is 5.92 Å². The molecule has 5 nitrogen and oxygen atoms in total. The highest BCUT2D eigenvalue weighted by atomic mass is 79.9. The van der Waals surface area contributed by atoms with Gasteiger partial charge in [-0.15, -0.1) is 0 Å². The molecule has 0 saturated heterocycles. The predicted molar refractivity (Wildman–Crippen MR) is 81.8 cm³/mol. The van der Waals surface area contributed by atoms with Gasteiger partial charge in [0.2, 0.25) is 0 Å². The van der Waals surface area contributed by atoms with Gasteiger partial charge in [-0.25, -0.2) is 9.50 Å². The van der Waals surface area contributed by atoms with Gasteiger partial charge in [0, 0.05) is 12.4 Å². The van der Waals surface area contributed by atoms with Gasteiger partial charge >= 0.3 is 0 Å². The zero-order valence-corrected chi connectivity index (χ0v) is 12.9. The molecule has 2 aromatic heterocycles. The van der Waals surface area contributed by atoms with Gasteiger partial charge in [-0.2, -0.15) is 5.10 Å². The average molecular weight is 339 g/mol. The minimum atomic E-state index is 0.0656. The van der Waals surface area contributed by atoms with E-state index in [1.807, 2.05) is 6.20 Å². The summed E-state index contributed by atoms with van der Waals surface area (Å²) in [6, 6.07) is 0.0656. The van der Waals surface area contributed by atoms with Crippen LogP contribution >= 0.6 is 15.9 Å². The number of halogens is 1. The monoisotopic (exact) mass is 338 g/mol. The summed E-state index contributed by atoms with van der Waals surface area (Å²) in [6.45, 7) is 0.138. The van der Waals surface area contributed by atoms with Gasteiger partial charge in [-0.05, 0) is 34.7 Å². The van der Waals surface area contributed by atoms with Crippen LogP contribution in [0, 0.1) is 5.92 Å². The highest BCUT2D eigenvalue weighted by Crippen LogP contribution is 2.30. The Morgan fingerprint density at radius 2 is 2.20 bits per heavy atom. The van der Waals surface area contributed by atoms with E-state index < -0.39 is 0 Å². The van der Waals surface area contributed by atoms with Crippen molar-refractivity contribution in [2.75, 3.05) is 11.9 Å². The average Bonchev–Trinajstić information content (AvgIpc) is 2.88. The van der Waals surface area contributed by atoms with Crippen LogP contribution in [0.3, 0.4) is 0 Å². The van der Waals surface area contributed by atoms with E-state index in [1.165, 1.54) is 32.1 Å². The van der Waals surface area contributed by atoms with Crippen LogP contribution in [0.4, 0.5) is 5.82 Å². The van der Waals surface area contributed by atoms with Crippen molar-refractivity contribution in [3.63, 3.8) is 0 Å². The Bertz CT molecular complexity index is 580. The third-order valence-electron chi connectivity index (χ3n) is 4.12. The van der Waals surface area contributed by atoms with Crippen LogP contribution in [0.5, 0.6) is 0 Å². The van der Waals surface area contributed by atoms with Crippen molar-refractivity contribution in [1.82, 2.24) is 14.6 Å². The summed E-state index contributed by atoms with van der Waals surface area (Å²) in [6.07, 6.45) is 11.5. The lowest BCUT2D eigenvalue weighted by atomic mass is 9.84. The number of hydrogen-bond acceptors (Lipinski definition) is 4. The number of anilines is 1. The van der Waals surface area contributed by atoms with Crippen LogP contribution in [-0.4, -0.2) is 32.4 Å². The quantitative estimate of drug-likeness (QED) is 0.899. The summed E-state index contributed by atoms with van der Waals surface area (Å²) < 4.78 is 2.70. The first-order chi connectivity index (χ1) is 9.79. The normalized spacial score (nSPS) is 18.3. The fourth-order valence-corrected chi connectivity index (χ4v) is 3.50. The number of fused-ring (bicyclic) bond motifs is 1. The second-order valence-corrected chi connectivity index (χ2v) is 6.25. The first-order valence-corrected chi connectivity index (χ1v) is 7.94. The van der Waals surface area contributed by atoms with Gasteiger partial charge in [-0.3, -0.25) is 0 Å². The summed E-state index contributed by atoms with van der Waals surface area (Å²) in [4.78, 5) is 4.41. The third kappa shape index (κ3) is 2.67. The van der Waals surface area contributed by atoms with E-state index in [0.717, 1.165) is 15.8 Å². The van der Waals surface area contributed by atoms with Crippen molar-refractivity contribution in [3.05, 3.63) is 23.1 Å². The Morgan fingerprint density at radius 3 is 2.95 bits per heavy atom. The zero-order chi connectivity index (χ0) is 13.9. The van der Waals surface area contributed by atoms with E-state index in [4.69, 9.17) is 0 Å². The Balaban J connectivity index is 1.85. The molecule has 2 aromatic rings. The molecule has 1 fully saturated rings. The molecule has 0 amide bonds. The SMILES string of the molecule is OCC(Nc1nccn2ncc(Br)c12)C1CCCCC1. The van der Waals surface area contributed by atoms with E-state index in [2.05, 4.69) is 31.3 Å². The molecular formula is C14H19BrN4O. The van der Waals surface area contributed by atoms with Crippen LogP contribution in [0.2, 0.25) is 0 Å². The first kappa shape index (κ1) is 13.8.